The number of rotatable bonds is 29. The van der Waals surface area contributed by atoms with Crippen LogP contribution in [0.5, 0.6) is 0 Å². The Hall–Kier alpha value is -4.50. The fourth-order valence-corrected chi connectivity index (χ4v) is 5.85. The number of aromatic amines is 1. The van der Waals surface area contributed by atoms with E-state index in [4.69, 9.17) is 10.8 Å². The van der Waals surface area contributed by atoms with Gasteiger partial charge in [0.05, 0.1) is 12.5 Å². The second kappa shape index (κ2) is 25.5. The highest BCUT2D eigenvalue weighted by Crippen LogP contribution is 2.21. The van der Waals surface area contributed by atoms with E-state index in [2.05, 4.69) is 38.5 Å². The van der Waals surface area contributed by atoms with Crippen LogP contribution >= 0.6 is 0 Å². The number of nitrogens with two attached hydrogens (primary N) is 1. The lowest BCUT2D eigenvalue weighted by Gasteiger charge is -2.21. The van der Waals surface area contributed by atoms with Crippen LogP contribution in [0.15, 0.2) is 24.4 Å². The van der Waals surface area contributed by atoms with Gasteiger partial charge in [-0.1, -0.05) is 57.6 Å². The van der Waals surface area contributed by atoms with E-state index >= 15 is 0 Å². The van der Waals surface area contributed by atoms with Gasteiger partial charge in [-0.15, -0.1) is 0 Å². The summed E-state index contributed by atoms with van der Waals surface area (Å²) in [4.78, 5) is 76.1. The largest absolute Gasteiger partial charge is 0.481 e. The first-order valence-corrected chi connectivity index (χ1v) is 19.0. The van der Waals surface area contributed by atoms with Gasteiger partial charge >= 0.3 is 11.9 Å². The van der Waals surface area contributed by atoms with Crippen LogP contribution in [-0.2, 0) is 35.2 Å². The van der Waals surface area contributed by atoms with Gasteiger partial charge in [0.2, 0.25) is 23.6 Å². The number of H-pyrrole nitrogens is 1. The lowest BCUT2D eigenvalue weighted by Crippen LogP contribution is -2.53. The minimum absolute atomic E-state index is 0.00323. The zero-order valence-corrected chi connectivity index (χ0v) is 31.4. The number of nitrogens with one attached hydrogen (secondary N) is 6. The van der Waals surface area contributed by atoms with Gasteiger partial charge in [-0.25, -0.2) is 4.79 Å². The molecule has 1 heterocycles. The maximum Gasteiger partial charge on any atom is 0.326 e. The Morgan fingerprint density at radius 3 is 2.17 bits per heavy atom. The van der Waals surface area contributed by atoms with Crippen molar-refractivity contribution in [2.45, 2.75) is 128 Å². The summed E-state index contributed by atoms with van der Waals surface area (Å²) in [5, 5.41) is 33.2. The average molecular weight is 744 g/mol. The van der Waals surface area contributed by atoms with Gasteiger partial charge in [-0.2, -0.15) is 0 Å². The highest BCUT2D eigenvalue weighted by molar-refractivity contribution is 5.91. The van der Waals surface area contributed by atoms with E-state index in [-0.39, 0.29) is 38.1 Å². The van der Waals surface area contributed by atoms with Gasteiger partial charge in [-0.3, -0.25) is 24.0 Å². The number of aryl methyl sites for hydroxylation is 1. The molecule has 0 bridgehead atoms. The number of aliphatic carboxylic acids is 2. The first-order valence-electron chi connectivity index (χ1n) is 19.0. The Kier molecular flexibility index (Phi) is 21.5. The van der Waals surface area contributed by atoms with E-state index in [9.17, 15) is 33.9 Å². The maximum atomic E-state index is 13.4. The molecule has 2 rings (SSSR count). The van der Waals surface area contributed by atoms with E-state index in [0.29, 0.717) is 32.5 Å². The molecular formula is C38H61N7O8. The van der Waals surface area contributed by atoms with Crippen LogP contribution < -0.4 is 32.3 Å². The molecule has 4 amide bonds. The third kappa shape index (κ3) is 18.7. The van der Waals surface area contributed by atoms with Gasteiger partial charge < -0.3 is 47.5 Å². The summed E-state index contributed by atoms with van der Waals surface area (Å²) >= 11 is 0. The van der Waals surface area contributed by atoms with Gasteiger partial charge in [0.15, 0.2) is 0 Å². The number of benzene rings is 1. The molecule has 15 heteroatoms. The van der Waals surface area contributed by atoms with Crippen LogP contribution in [0.4, 0.5) is 0 Å². The Bertz CT molecular complexity index is 1460. The summed E-state index contributed by atoms with van der Waals surface area (Å²) in [6, 6.07) is 2.79. The van der Waals surface area contributed by atoms with Crippen LogP contribution in [0.1, 0.15) is 108 Å². The minimum Gasteiger partial charge on any atom is -0.481 e. The van der Waals surface area contributed by atoms with Gasteiger partial charge in [0.1, 0.15) is 12.1 Å². The molecule has 0 spiro atoms. The standard InChI is InChI=1S/C38H61N7O8/c1-3-4-5-6-7-8-9-13-33(46)41-21-11-19-40-22-18-29(39)36(50)45-32(24-27-25-43-31-23-26(2)14-15-28(27)31)37(51)42-20-10-12-30(38(52)53)44-34(47)16-17-35(48)49/h14-15,23,25,29-30,32,40,43H,3-13,16-22,24,39H2,1-2H3,(H,41,46)(H,42,51)(H,44,47)(H,45,50)(H,48,49)(H,52,53)/t29-,30+,32+/m0/s1. The highest BCUT2D eigenvalue weighted by Gasteiger charge is 2.26. The summed E-state index contributed by atoms with van der Waals surface area (Å²) in [7, 11) is 0. The monoisotopic (exact) mass is 743 g/mol. The molecular weight excluding hydrogens is 682 g/mol. The van der Waals surface area contributed by atoms with Crippen LogP contribution in [0.25, 0.3) is 10.9 Å². The number of fused-ring (bicyclic) bond motifs is 1. The second-order valence-corrected chi connectivity index (χ2v) is 13.6. The minimum atomic E-state index is -1.27. The highest BCUT2D eigenvalue weighted by atomic mass is 16.4. The van der Waals surface area contributed by atoms with E-state index in [1.807, 2.05) is 25.1 Å². The molecule has 15 nitrogen and oxygen atoms in total. The third-order valence-electron chi connectivity index (χ3n) is 8.98. The number of hydrogen-bond donors (Lipinski definition) is 9. The summed E-state index contributed by atoms with van der Waals surface area (Å²) in [6.45, 7) is 5.92. The molecule has 0 saturated carbocycles. The van der Waals surface area contributed by atoms with Crippen molar-refractivity contribution < 1.29 is 39.0 Å². The fraction of sp³-hybridized carbons (Fsp3) is 0.632. The Labute approximate surface area is 312 Å². The lowest BCUT2D eigenvalue weighted by molar-refractivity contribution is -0.142. The van der Waals surface area contributed by atoms with Crippen LogP contribution in [0.3, 0.4) is 0 Å². The molecule has 2 aromatic rings. The number of carbonyl (C=O) groups excluding carboxylic acids is 4. The molecule has 0 aliphatic heterocycles. The third-order valence-corrected chi connectivity index (χ3v) is 8.98. The van der Waals surface area contributed by atoms with Crippen molar-refractivity contribution in [3.8, 4) is 0 Å². The molecule has 1 aromatic heterocycles. The quantitative estimate of drug-likeness (QED) is 0.0552. The maximum absolute atomic E-state index is 13.4. The van der Waals surface area contributed by atoms with Crippen molar-refractivity contribution in [1.82, 2.24) is 31.6 Å². The molecule has 0 unspecified atom stereocenters. The number of amides is 4. The van der Waals surface area contributed by atoms with E-state index in [1.54, 1.807) is 6.20 Å². The number of carbonyl (C=O) groups is 6. The fourth-order valence-electron chi connectivity index (χ4n) is 5.85. The van der Waals surface area contributed by atoms with E-state index in [0.717, 1.165) is 41.3 Å². The van der Waals surface area contributed by atoms with Crippen LogP contribution in [0, 0.1) is 6.92 Å². The number of carboxylic acid groups (broad SMARTS) is 2. The second-order valence-electron chi connectivity index (χ2n) is 13.6. The summed E-state index contributed by atoms with van der Waals surface area (Å²) < 4.78 is 0. The Balaban J connectivity index is 1.82. The predicted molar refractivity (Wildman–Crippen MR) is 203 cm³/mol. The molecule has 1 aromatic carbocycles. The number of hydrogen-bond acceptors (Lipinski definition) is 8. The molecule has 53 heavy (non-hydrogen) atoms. The van der Waals surface area contributed by atoms with Crippen LogP contribution in [-0.4, -0.2) is 95.1 Å². The smallest absolute Gasteiger partial charge is 0.326 e. The van der Waals surface area contributed by atoms with Crippen molar-refractivity contribution >= 4 is 46.5 Å². The topological polar surface area (TPSA) is 245 Å². The molecule has 3 atom stereocenters. The van der Waals surface area contributed by atoms with Crippen molar-refractivity contribution in [1.29, 1.82) is 0 Å². The van der Waals surface area contributed by atoms with Gasteiger partial charge in [0.25, 0.3) is 0 Å². The van der Waals surface area contributed by atoms with Crippen molar-refractivity contribution in [2.24, 2.45) is 5.73 Å². The van der Waals surface area contributed by atoms with Crippen LogP contribution in [0.2, 0.25) is 0 Å². The Morgan fingerprint density at radius 1 is 0.736 bits per heavy atom. The molecule has 10 N–H and O–H groups in total. The van der Waals surface area contributed by atoms with Crippen molar-refractivity contribution in [3.63, 3.8) is 0 Å². The molecule has 0 aliphatic carbocycles. The molecule has 0 fully saturated rings. The number of carboxylic acids is 2. The molecule has 0 radical (unpaired) electrons. The van der Waals surface area contributed by atoms with Gasteiger partial charge in [0, 0.05) is 49.5 Å². The molecule has 296 valence electrons. The number of unbranched alkanes of at least 4 members (excludes halogenated alkanes) is 6. The first-order chi connectivity index (χ1) is 25.4. The van der Waals surface area contributed by atoms with Gasteiger partial charge in [-0.05, 0) is 69.3 Å². The molecule has 0 saturated heterocycles. The van der Waals surface area contributed by atoms with E-state index in [1.165, 1.54) is 32.1 Å². The zero-order valence-electron chi connectivity index (χ0n) is 31.4. The predicted octanol–water partition coefficient (Wildman–Crippen LogP) is 2.79. The Morgan fingerprint density at radius 2 is 1.45 bits per heavy atom. The van der Waals surface area contributed by atoms with E-state index < -0.39 is 54.2 Å². The summed E-state index contributed by atoms with van der Waals surface area (Å²) in [5.74, 6) is -4.03. The first kappa shape index (κ1) is 44.7. The SMILES string of the molecule is CCCCCCCCCC(=O)NCCCNCC[C@H](N)C(=O)N[C@H](Cc1c[nH]c2cc(C)ccc12)C(=O)NCCC[C@@H](NC(=O)CCC(=O)O)C(=O)O. The summed E-state index contributed by atoms with van der Waals surface area (Å²) in [6.07, 6.45) is 11.2. The molecule has 0 aliphatic rings. The summed E-state index contributed by atoms with van der Waals surface area (Å²) in [5.41, 5.74) is 8.99. The van der Waals surface area contributed by atoms with Crippen molar-refractivity contribution in [2.75, 3.05) is 26.2 Å². The van der Waals surface area contributed by atoms with Crippen molar-refractivity contribution in [3.05, 3.63) is 35.5 Å². The zero-order chi connectivity index (χ0) is 39.0. The lowest BCUT2D eigenvalue weighted by atomic mass is 10.0. The normalized spacial score (nSPS) is 12.8. The number of aromatic nitrogens is 1. The average Bonchev–Trinajstić information content (AvgIpc) is 3.51.